The number of carbonyl (C=O) groups is 2. The largest absolute Gasteiger partial charge is 0.342 e. The van der Waals surface area contributed by atoms with Gasteiger partial charge in [0.1, 0.15) is 0 Å². The average Bonchev–Trinajstić information content (AvgIpc) is 3.01. The van der Waals surface area contributed by atoms with Crippen LogP contribution in [0.25, 0.3) is 0 Å². The molecule has 2 amide bonds. The molecule has 1 atom stereocenters. The SMILES string of the molecule is CC(C)C[C@H](N)C(=O)N1CCN(CC(=O)N2CCCC2)CC1. The molecule has 0 aromatic heterocycles. The summed E-state index contributed by atoms with van der Waals surface area (Å²) in [7, 11) is 0. The molecule has 6 heteroatoms. The molecule has 2 fully saturated rings. The topological polar surface area (TPSA) is 69.9 Å². The van der Waals surface area contributed by atoms with E-state index in [2.05, 4.69) is 18.7 Å². The highest BCUT2D eigenvalue weighted by molar-refractivity contribution is 5.82. The van der Waals surface area contributed by atoms with Crippen molar-refractivity contribution in [3.63, 3.8) is 0 Å². The van der Waals surface area contributed by atoms with Gasteiger partial charge in [0, 0.05) is 39.3 Å². The first-order valence-electron chi connectivity index (χ1n) is 8.52. The predicted molar refractivity (Wildman–Crippen MR) is 86.3 cm³/mol. The Balaban J connectivity index is 1.73. The first-order chi connectivity index (χ1) is 10.5. The van der Waals surface area contributed by atoms with Gasteiger partial charge in [-0.05, 0) is 25.2 Å². The number of amides is 2. The van der Waals surface area contributed by atoms with Crippen LogP contribution in [0.2, 0.25) is 0 Å². The number of nitrogens with zero attached hydrogens (tertiary/aromatic N) is 3. The van der Waals surface area contributed by atoms with Crippen LogP contribution < -0.4 is 5.73 Å². The molecule has 2 aliphatic heterocycles. The van der Waals surface area contributed by atoms with Crippen molar-refractivity contribution in [2.75, 3.05) is 45.8 Å². The molecule has 2 saturated heterocycles. The summed E-state index contributed by atoms with van der Waals surface area (Å²) in [6.07, 6.45) is 2.98. The van der Waals surface area contributed by atoms with Crippen LogP contribution in [0, 0.1) is 5.92 Å². The Morgan fingerprint density at radius 3 is 2.09 bits per heavy atom. The summed E-state index contributed by atoms with van der Waals surface area (Å²) in [5, 5.41) is 0. The van der Waals surface area contributed by atoms with Crippen molar-refractivity contribution >= 4 is 11.8 Å². The molecule has 0 aliphatic carbocycles. The van der Waals surface area contributed by atoms with Gasteiger partial charge in [-0.1, -0.05) is 13.8 Å². The Kier molecular flexibility index (Phi) is 6.20. The minimum absolute atomic E-state index is 0.0548. The summed E-state index contributed by atoms with van der Waals surface area (Å²) < 4.78 is 0. The molecule has 2 heterocycles. The first-order valence-corrected chi connectivity index (χ1v) is 8.52. The van der Waals surface area contributed by atoms with Gasteiger partial charge >= 0.3 is 0 Å². The van der Waals surface area contributed by atoms with Crippen LogP contribution >= 0.6 is 0 Å². The van der Waals surface area contributed by atoms with E-state index in [0.717, 1.165) is 45.4 Å². The smallest absolute Gasteiger partial charge is 0.239 e. The molecule has 6 nitrogen and oxygen atoms in total. The predicted octanol–water partition coefficient (Wildman–Crippen LogP) is 0.126. The van der Waals surface area contributed by atoms with Crippen LogP contribution in [-0.2, 0) is 9.59 Å². The lowest BCUT2D eigenvalue weighted by atomic mass is 10.0. The van der Waals surface area contributed by atoms with Crippen molar-refractivity contribution in [1.29, 1.82) is 0 Å². The van der Waals surface area contributed by atoms with E-state index in [1.165, 1.54) is 0 Å². The molecule has 2 aliphatic rings. The first kappa shape index (κ1) is 17.2. The number of likely N-dealkylation sites (tertiary alicyclic amines) is 1. The zero-order chi connectivity index (χ0) is 16.1. The second kappa shape index (κ2) is 7.92. The van der Waals surface area contributed by atoms with Gasteiger partial charge in [0.05, 0.1) is 12.6 Å². The van der Waals surface area contributed by atoms with Crippen molar-refractivity contribution in [1.82, 2.24) is 14.7 Å². The molecule has 22 heavy (non-hydrogen) atoms. The highest BCUT2D eigenvalue weighted by Gasteiger charge is 2.27. The van der Waals surface area contributed by atoms with Crippen LogP contribution in [0.3, 0.4) is 0 Å². The van der Waals surface area contributed by atoms with Gasteiger partial charge in [0.15, 0.2) is 0 Å². The van der Waals surface area contributed by atoms with Gasteiger partial charge in [0.2, 0.25) is 11.8 Å². The Morgan fingerprint density at radius 2 is 1.55 bits per heavy atom. The number of nitrogens with two attached hydrogens (primary N) is 1. The molecule has 0 aromatic carbocycles. The molecular weight excluding hydrogens is 280 g/mol. The van der Waals surface area contributed by atoms with Crippen LogP contribution in [0.5, 0.6) is 0 Å². The summed E-state index contributed by atoms with van der Waals surface area (Å²) in [5.74, 6) is 0.714. The molecule has 2 rings (SSSR count). The van der Waals surface area contributed by atoms with E-state index < -0.39 is 6.04 Å². The summed E-state index contributed by atoms with van der Waals surface area (Å²) in [4.78, 5) is 30.4. The maximum atomic E-state index is 12.3. The van der Waals surface area contributed by atoms with Gasteiger partial charge in [-0.2, -0.15) is 0 Å². The molecular formula is C16H30N4O2. The van der Waals surface area contributed by atoms with E-state index in [1.54, 1.807) is 0 Å². The van der Waals surface area contributed by atoms with Crippen LogP contribution in [0.1, 0.15) is 33.1 Å². The van der Waals surface area contributed by atoms with E-state index in [0.29, 0.717) is 25.6 Å². The second-order valence-corrected chi connectivity index (χ2v) is 6.93. The minimum atomic E-state index is -0.391. The highest BCUT2D eigenvalue weighted by atomic mass is 16.2. The summed E-state index contributed by atoms with van der Waals surface area (Å²) in [6, 6.07) is -0.391. The van der Waals surface area contributed by atoms with E-state index in [1.807, 2.05) is 9.80 Å². The van der Waals surface area contributed by atoms with Crippen molar-refractivity contribution in [3.8, 4) is 0 Å². The van der Waals surface area contributed by atoms with E-state index in [4.69, 9.17) is 5.73 Å². The number of hydrogen-bond donors (Lipinski definition) is 1. The number of hydrogen-bond acceptors (Lipinski definition) is 4. The molecule has 0 aromatic rings. The fourth-order valence-electron chi connectivity index (χ4n) is 3.23. The Hall–Kier alpha value is -1.14. The normalized spacial score (nSPS) is 21.5. The summed E-state index contributed by atoms with van der Waals surface area (Å²) in [6.45, 7) is 9.34. The maximum absolute atomic E-state index is 12.3. The van der Waals surface area contributed by atoms with Gasteiger partial charge in [-0.25, -0.2) is 0 Å². The summed E-state index contributed by atoms with van der Waals surface area (Å²) >= 11 is 0. The Bertz CT molecular complexity index is 386. The summed E-state index contributed by atoms with van der Waals surface area (Å²) in [5.41, 5.74) is 5.98. The van der Waals surface area contributed by atoms with Crippen molar-refractivity contribution < 1.29 is 9.59 Å². The lowest BCUT2D eigenvalue weighted by Gasteiger charge is -2.36. The Morgan fingerprint density at radius 1 is 0.955 bits per heavy atom. The zero-order valence-corrected chi connectivity index (χ0v) is 14.0. The highest BCUT2D eigenvalue weighted by Crippen LogP contribution is 2.11. The van der Waals surface area contributed by atoms with Crippen molar-refractivity contribution in [2.45, 2.75) is 39.2 Å². The lowest BCUT2D eigenvalue weighted by molar-refractivity contribution is -0.136. The molecule has 0 saturated carbocycles. The standard InChI is InChI=1S/C16H30N4O2/c1-13(2)11-14(17)16(22)20-9-7-18(8-10-20)12-15(21)19-5-3-4-6-19/h13-14H,3-12,17H2,1-2H3/t14-/m0/s1. The number of carbonyl (C=O) groups excluding carboxylic acids is 2. The minimum Gasteiger partial charge on any atom is -0.342 e. The zero-order valence-electron chi connectivity index (χ0n) is 14.0. The molecule has 2 N–H and O–H groups in total. The van der Waals surface area contributed by atoms with Crippen LogP contribution in [0.15, 0.2) is 0 Å². The van der Waals surface area contributed by atoms with E-state index >= 15 is 0 Å². The lowest BCUT2D eigenvalue weighted by Crippen LogP contribution is -2.54. The van der Waals surface area contributed by atoms with Crippen molar-refractivity contribution in [2.24, 2.45) is 11.7 Å². The third kappa shape index (κ3) is 4.68. The fourth-order valence-corrected chi connectivity index (χ4v) is 3.23. The van der Waals surface area contributed by atoms with Gasteiger partial charge < -0.3 is 15.5 Å². The van der Waals surface area contributed by atoms with Gasteiger partial charge in [-0.3, -0.25) is 14.5 Å². The fraction of sp³-hybridized carbons (Fsp3) is 0.875. The molecule has 126 valence electrons. The monoisotopic (exact) mass is 310 g/mol. The third-order valence-electron chi connectivity index (χ3n) is 4.54. The number of piperazine rings is 1. The molecule has 0 unspecified atom stereocenters. The van der Waals surface area contributed by atoms with Gasteiger partial charge in [0.25, 0.3) is 0 Å². The molecule has 0 radical (unpaired) electrons. The van der Waals surface area contributed by atoms with E-state index in [-0.39, 0.29) is 11.8 Å². The van der Waals surface area contributed by atoms with Crippen LogP contribution in [0.4, 0.5) is 0 Å². The van der Waals surface area contributed by atoms with Crippen LogP contribution in [-0.4, -0.2) is 78.4 Å². The second-order valence-electron chi connectivity index (χ2n) is 6.93. The molecule has 0 bridgehead atoms. The maximum Gasteiger partial charge on any atom is 0.239 e. The van der Waals surface area contributed by atoms with Gasteiger partial charge in [-0.15, -0.1) is 0 Å². The third-order valence-corrected chi connectivity index (χ3v) is 4.54. The van der Waals surface area contributed by atoms with E-state index in [9.17, 15) is 9.59 Å². The molecule has 0 spiro atoms. The Labute approximate surface area is 133 Å². The average molecular weight is 310 g/mol. The number of rotatable bonds is 5. The van der Waals surface area contributed by atoms with Crippen molar-refractivity contribution in [3.05, 3.63) is 0 Å². The quantitative estimate of drug-likeness (QED) is 0.783.